The smallest absolute Gasteiger partial charge is 0.241 e. The number of rotatable bonds is 5. The second-order valence-electron chi connectivity index (χ2n) is 8.83. The summed E-state index contributed by atoms with van der Waals surface area (Å²) in [5.74, 6) is 0.624. The number of aromatic nitrogens is 2. The lowest BCUT2D eigenvalue weighted by molar-refractivity contribution is -0.137. The molecule has 0 spiro atoms. The SMILES string of the molecule is O=C(C1CCN(Cc2nc(-c3ccc(F)cc3)no2)CC1)N1CCN(c2ccccc2F)CC1. The van der Waals surface area contributed by atoms with Crippen LogP contribution >= 0.6 is 0 Å². The summed E-state index contributed by atoms with van der Waals surface area (Å²) in [4.78, 5) is 23.6. The minimum absolute atomic E-state index is 0.00808. The number of nitrogens with zero attached hydrogens (tertiary/aromatic N) is 5. The molecule has 0 N–H and O–H groups in total. The normalized spacial score (nSPS) is 17.8. The van der Waals surface area contributed by atoms with Crippen molar-refractivity contribution in [3.8, 4) is 11.4 Å². The lowest BCUT2D eigenvalue weighted by Gasteiger charge is -2.39. The van der Waals surface area contributed by atoms with Crippen LogP contribution in [0.5, 0.6) is 0 Å². The van der Waals surface area contributed by atoms with Gasteiger partial charge in [0.15, 0.2) is 0 Å². The van der Waals surface area contributed by atoms with Crippen molar-refractivity contribution < 1.29 is 18.1 Å². The predicted molar refractivity (Wildman–Crippen MR) is 123 cm³/mol. The molecule has 3 aromatic rings. The molecule has 2 saturated heterocycles. The summed E-state index contributed by atoms with van der Waals surface area (Å²) < 4.78 is 32.5. The van der Waals surface area contributed by atoms with Crippen LogP contribution in [0.1, 0.15) is 18.7 Å². The molecule has 5 rings (SSSR count). The van der Waals surface area contributed by atoms with Crippen LogP contribution in [-0.4, -0.2) is 65.1 Å². The zero-order valence-electron chi connectivity index (χ0n) is 18.9. The molecule has 0 bridgehead atoms. The zero-order valence-corrected chi connectivity index (χ0v) is 18.9. The number of carbonyl (C=O) groups excluding carboxylic acids is 1. The Morgan fingerprint density at radius 1 is 0.941 bits per heavy atom. The molecule has 1 amide bonds. The fourth-order valence-corrected chi connectivity index (χ4v) is 4.70. The Labute approximate surface area is 197 Å². The molecule has 2 aliphatic rings. The van der Waals surface area contributed by atoms with Crippen molar-refractivity contribution in [1.82, 2.24) is 19.9 Å². The first kappa shape index (κ1) is 22.5. The molecule has 0 radical (unpaired) electrons. The first-order valence-electron chi connectivity index (χ1n) is 11.7. The van der Waals surface area contributed by atoms with E-state index >= 15 is 0 Å². The summed E-state index contributed by atoms with van der Waals surface area (Å²) in [5, 5.41) is 4.00. The summed E-state index contributed by atoms with van der Waals surface area (Å²) >= 11 is 0. The number of halogens is 2. The third-order valence-corrected chi connectivity index (χ3v) is 6.65. The number of benzene rings is 2. The lowest BCUT2D eigenvalue weighted by Crippen LogP contribution is -2.51. The van der Waals surface area contributed by atoms with Gasteiger partial charge >= 0.3 is 0 Å². The monoisotopic (exact) mass is 467 g/mol. The van der Waals surface area contributed by atoms with E-state index in [2.05, 4.69) is 15.0 Å². The third-order valence-electron chi connectivity index (χ3n) is 6.65. The van der Waals surface area contributed by atoms with Gasteiger partial charge in [-0.05, 0) is 62.3 Å². The molecule has 178 valence electrons. The van der Waals surface area contributed by atoms with Gasteiger partial charge in [0.2, 0.25) is 17.6 Å². The van der Waals surface area contributed by atoms with Crippen LogP contribution in [-0.2, 0) is 11.3 Å². The van der Waals surface area contributed by atoms with E-state index in [1.165, 1.54) is 18.2 Å². The fraction of sp³-hybridized carbons (Fsp3) is 0.400. The highest BCUT2D eigenvalue weighted by Crippen LogP contribution is 2.25. The molecule has 1 aromatic heterocycles. The van der Waals surface area contributed by atoms with Gasteiger partial charge in [0.05, 0.1) is 12.2 Å². The highest BCUT2D eigenvalue weighted by Gasteiger charge is 2.31. The van der Waals surface area contributed by atoms with Crippen molar-refractivity contribution in [2.45, 2.75) is 19.4 Å². The maximum Gasteiger partial charge on any atom is 0.241 e. The first-order chi connectivity index (χ1) is 16.6. The van der Waals surface area contributed by atoms with Crippen molar-refractivity contribution in [2.75, 3.05) is 44.2 Å². The molecule has 2 aliphatic heterocycles. The van der Waals surface area contributed by atoms with Gasteiger partial charge < -0.3 is 14.3 Å². The summed E-state index contributed by atoms with van der Waals surface area (Å²) in [6.07, 6.45) is 1.57. The number of carbonyl (C=O) groups is 1. The molecule has 0 saturated carbocycles. The summed E-state index contributed by atoms with van der Waals surface area (Å²) in [6.45, 7) is 4.58. The third kappa shape index (κ3) is 4.94. The Morgan fingerprint density at radius 2 is 1.65 bits per heavy atom. The van der Waals surface area contributed by atoms with E-state index in [1.807, 2.05) is 15.9 Å². The van der Waals surface area contributed by atoms with E-state index in [9.17, 15) is 13.6 Å². The van der Waals surface area contributed by atoms with E-state index in [1.54, 1.807) is 24.3 Å². The quantitative estimate of drug-likeness (QED) is 0.572. The van der Waals surface area contributed by atoms with Gasteiger partial charge in [0.25, 0.3) is 0 Å². The Bertz CT molecular complexity index is 1120. The second kappa shape index (κ2) is 9.89. The molecule has 34 heavy (non-hydrogen) atoms. The van der Waals surface area contributed by atoms with Crippen molar-refractivity contribution in [1.29, 1.82) is 0 Å². The minimum Gasteiger partial charge on any atom is -0.366 e. The maximum absolute atomic E-state index is 14.1. The Balaban J connectivity index is 1.09. The van der Waals surface area contributed by atoms with Crippen LogP contribution in [0.25, 0.3) is 11.4 Å². The topological polar surface area (TPSA) is 65.7 Å². The molecule has 2 fully saturated rings. The minimum atomic E-state index is -0.308. The number of para-hydroxylation sites is 1. The van der Waals surface area contributed by atoms with E-state index in [-0.39, 0.29) is 23.5 Å². The number of hydrogen-bond donors (Lipinski definition) is 0. The fourth-order valence-electron chi connectivity index (χ4n) is 4.70. The average molecular weight is 468 g/mol. The van der Waals surface area contributed by atoms with Crippen LogP contribution in [0, 0.1) is 17.6 Å². The van der Waals surface area contributed by atoms with E-state index in [0.717, 1.165) is 25.9 Å². The largest absolute Gasteiger partial charge is 0.366 e. The number of piperazine rings is 1. The second-order valence-corrected chi connectivity index (χ2v) is 8.83. The number of amides is 1. The predicted octanol–water partition coefficient (Wildman–Crippen LogP) is 3.58. The molecule has 7 nitrogen and oxygen atoms in total. The summed E-state index contributed by atoms with van der Waals surface area (Å²) in [6, 6.07) is 12.8. The molecule has 9 heteroatoms. The van der Waals surface area contributed by atoms with Crippen LogP contribution in [0.3, 0.4) is 0 Å². The van der Waals surface area contributed by atoms with Crippen molar-refractivity contribution in [2.24, 2.45) is 5.92 Å². The van der Waals surface area contributed by atoms with E-state index < -0.39 is 0 Å². The zero-order chi connectivity index (χ0) is 23.5. The van der Waals surface area contributed by atoms with Crippen molar-refractivity contribution in [3.05, 3.63) is 66.1 Å². The molecule has 0 atom stereocenters. The standard InChI is InChI=1S/C25H27F2N5O2/c26-20-7-5-18(6-8-20)24-28-23(34-29-24)17-30-11-9-19(10-12-30)25(33)32-15-13-31(14-16-32)22-4-2-1-3-21(22)27/h1-8,19H,9-17H2. The number of piperidine rings is 1. The van der Waals surface area contributed by atoms with Gasteiger partial charge in [-0.2, -0.15) is 4.98 Å². The summed E-state index contributed by atoms with van der Waals surface area (Å²) in [5.41, 5.74) is 1.31. The van der Waals surface area contributed by atoms with Gasteiger partial charge in [0, 0.05) is 37.7 Å². The maximum atomic E-state index is 14.1. The molecular formula is C25H27F2N5O2. The molecule has 0 aliphatic carbocycles. The molecule has 3 heterocycles. The van der Waals surface area contributed by atoms with Gasteiger partial charge in [-0.15, -0.1) is 0 Å². The Morgan fingerprint density at radius 3 is 2.35 bits per heavy atom. The van der Waals surface area contributed by atoms with Crippen LogP contribution in [0.4, 0.5) is 14.5 Å². The van der Waals surface area contributed by atoms with E-state index in [4.69, 9.17) is 4.52 Å². The molecule has 2 aromatic carbocycles. The van der Waals surface area contributed by atoms with Gasteiger partial charge in [-0.1, -0.05) is 17.3 Å². The lowest BCUT2D eigenvalue weighted by atomic mass is 9.95. The van der Waals surface area contributed by atoms with Crippen molar-refractivity contribution >= 4 is 11.6 Å². The first-order valence-corrected chi connectivity index (χ1v) is 11.7. The number of likely N-dealkylation sites (tertiary alicyclic amines) is 1. The highest BCUT2D eigenvalue weighted by molar-refractivity contribution is 5.79. The molecular weight excluding hydrogens is 440 g/mol. The molecule has 0 unspecified atom stereocenters. The van der Waals surface area contributed by atoms with Gasteiger partial charge in [0.1, 0.15) is 11.6 Å². The van der Waals surface area contributed by atoms with Crippen molar-refractivity contribution in [3.63, 3.8) is 0 Å². The number of anilines is 1. The van der Waals surface area contributed by atoms with E-state index in [0.29, 0.717) is 55.7 Å². The highest BCUT2D eigenvalue weighted by atomic mass is 19.1. The van der Waals surface area contributed by atoms with Crippen LogP contribution in [0.2, 0.25) is 0 Å². The Hall–Kier alpha value is -3.33. The van der Waals surface area contributed by atoms with Crippen LogP contribution in [0.15, 0.2) is 53.1 Å². The van der Waals surface area contributed by atoms with Gasteiger partial charge in [-0.25, -0.2) is 8.78 Å². The summed E-state index contributed by atoms with van der Waals surface area (Å²) in [7, 11) is 0. The van der Waals surface area contributed by atoms with Crippen LogP contribution < -0.4 is 4.90 Å². The number of hydrogen-bond acceptors (Lipinski definition) is 6. The average Bonchev–Trinajstić information content (AvgIpc) is 3.33. The van der Waals surface area contributed by atoms with Gasteiger partial charge in [-0.3, -0.25) is 9.69 Å². The Kier molecular flexibility index (Phi) is 6.53.